The highest BCUT2D eigenvalue weighted by Gasteiger charge is 2.18. The molecule has 2 heterocycles. The van der Waals surface area contributed by atoms with E-state index in [0.717, 1.165) is 46.8 Å². The van der Waals surface area contributed by atoms with Gasteiger partial charge in [0.05, 0.1) is 24.4 Å². The molecule has 1 saturated carbocycles. The first-order valence-corrected chi connectivity index (χ1v) is 11.3. The highest BCUT2D eigenvalue weighted by Crippen LogP contribution is 2.29. The molecule has 5 rings (SSSR count). The van der Waals surface area contributed by atoms with Crippen LogP contribution in [0.15, 0.2) is 60.8 Å². The average Bonchev–Trinajstić information content (AvgIpc) is 3.09. The summed E-state index contributed by atoms with van der Waals surface area (Å²) in [5.74, 6) is 2.19. The van der Waals surface area contributed by atoms with E-state index < -0.39 is 0 Å². The van der Waals surface area contributed by atoms with Crippen molar-refractivity contribution in [3.63, 3.8) is 0 Å². The summed E-state index contributed by atoms with van der Waals surface area (Å²) in [5.41, 5.74) is 2.68. The summed E-state index contributed by atoms with van der Waals surface area (Å²) in [6.45, 7) is 0. The first kappa shape index (κ1) is 20.3. The number of anilines is 3. The smallest absolute Gasteiger partial charge is 0.226 e. The fraction of sp³-hybridized carbons (Fsp3) is 0.320. The Bertz CT molecular complexity index is 1160. The number of hydrogen-bond donors (Lipinski definition) is 2. The molecular weight excluding hydrogens is 400 g/mol. The molecule has 7 heteroatoms. The molecule has 0 bridgehead atoms. The Kier molecular flexibility index (Phi) is 5.87. The number of hydrogen-bond acceptors (Lipinski definition) is 6. The van der Waals surface area contributed by atoms with Crippen LogP contribution in [0, 0.1) is 0 Å². The van der Waals surface area contributed by atoms with Crippen LogP contribution in [-0.2, 0) is 0 Å². The first-order chi connectivity index (χ1) is 15.8. The molecule has 0 saturated heterocycles. The maximum atomic E-state index is 5.28. The zero-order valence-electron chi connectivity index (χ0n) is 18.3. The fourth-order valence-electron chi connectivity index (χ4n) is 4.24. The van der Waals surface area contributed by atoms with Crippen molar-refractivity contribution in [2.24, 2.45) is 0 Å². The van der Waals surface area contributed by atoms with E-state index in [1.54, 1.807) is 7.11 Å². The summed E-state index contributed by atoms with van der Waals surface area (Å²) in [6.07, 6.45) is 9.24. The quantitative estimate of drug-likeness (QED) is 0.384. The minimum Gasteiger partial charge on any atom is -0.497 e. The second kappa shape index (κ2) is 9.26. The number of nitrogens with one attached hydrogen (secondary N) is 2. The molecule has 2 aromatic carbocycles. The van der Waals surface area contributed by atoms with Crippen LogP contribution in [0.25, 0.3) is 16.7 Å². The van der Waals surface area contributed by atoms with Gasteiger partial charge in [0.1, 0.15) is 11.6 Å². The number of nitrogens with zero attached hydrogens (tertiary/aromatic N) is 4. The van der Waals surface area contributed by atoms with E-state index in [0.29, 0.717) is 12.0 Å². The fourth-order valence-corrected chi connectivity index (χ4v) is 4.24. The molecule has 0 spiro atoms. The van der Waals surface area contributed by atoms with Gasteiger partial charge in [-0.1, -0.05) is 43.9 Å². The molecule has 1 aliphatic carbocycles. The van der Waals surface area contributed by atoms with Gasteiger partial charge in [-0.2, -0.15) is 15.1 Å². The normalized spacial score (nSPS) is 14.8. The lowest BCUT2D eigenvalue weighted by Crippen LogP contribution is -2.20. The minimum absolute atomic E-state index is 0.400. The number of aromatic nitrogens is 4. The van der Waals surface area contributed by atoms with Crippen LogP contribution >= 0.6 is 0 Å². The van der Waals surface area contributed by atoms with Crippen LogP contribution < -0.4 is 15.4 Å². The maximum absolute atomic E-state index is 5.28. The van der Waals surface area contributed by atoms with Crippen LogP contribution in [0.1, 0.15) is 38.5 Å². The van der Waals surface area contributed by atoms with Crippen LogP contribution in [-0.4, -0.2) is 32.9 Å². The van der Waals surface area contributed by atoms with Gasteiger partial charge in [0.25, 0.3) is 0 Å². The van der Waals surface area contributed by atoms with Gasteiger partial charge in [-0.25, -0.2) is 4.68 Å². The van der Waals surface area contributed by atoms with Gasteiger partial charge >= 0.3 is 0 Å². The molecule has 2 N–H and O–H groups in total. The monoisotopic (exact) mass is 428 g/mol. The van der Waals surface area contributed by atoms with E-state index in [2.05, 4.69) is 15.7 Å². The van der Waals surface area contributed by atoms with Crippen molar-refractivity contribution in [1.82, 2.24) is 19.7 Å². The molecule has 164 valence electrons. The Hall–Kier alpha value is -3.61. The van der Waals surface area contributed by atoms with Gasteiger partial charge < -0.3 is 15.4 Å². The number of methoxy groups -OCH3 is 1. The predicted molar refractivity (Wildman–Crippen MR) is 128 cm³/mol. The van der Waals surface area contributed by atoms with Gasteiger partial charge in [-0.15, -0.1) is 0 Å². The Balaban J connectivity index is 1.54. The molecular formula is C25H28N6O. The van der Waals surface area contributed by atoms with Crippen molar-refractivity contribution in [3.8, 4) is 11.4 Å². The zero-order valence-corrected chi connectivity index (χ0v) is 18.3. The van der Waals surface area contributed by atoms with Crippen molar-refractivity contribution >= 4 is 28.5 Å². The zero-order chi connectivity index (χ0) is 21.8. The van der Waals surface area contributed by atoms with Gasteiger partial charge in [0, 0.05) is 11.7 Å². The standard InChI is InChI=1S/C25H28N6O/c1-32-21-15-13-19(14-16-21)27-23-22-17-26-31(20-11-7-4-8-12-20)24(22)30-25(29-23)28-18-9-5-2-3-6-10-18/h4,7-8,11-18H,2-3,5-6,9-10H2,1H3,(H2,27,28,29,30). The highest BCUT2D eigenvalue weighted by molar-refractivity contribution is 5.90. The molecule has 0 radical (unpaired) electrons. The maximum Gasteiger partial charge on any atom is 0.226 e. The topological polar surface area (TPSA) is 76.9 Å². The molecule has 32 heavy (non-hydrogen) atoms. The van der Waals surface area contributed by atoms with E-state index in [4.69, 9.17) is 14.7 Å². The van der Waals surface area contributed by atoms with Crippen LogP contribution in [0.2, 0.25) is 0 Å². The van der Waals surface area contributed by atoms with Gasteiger partial charge in [0.15, 0.2) is 5.65 Å². The van der Waals surface area contributed by atoms with E-state index >= 15 is 0 Å². The molecule has 2 aromatic heterocycles. The number of benzene rings is 2. The third kappa shape index (κ3) is 4.37. The molecule has 0 amide bonds. The van der Waals surface area contributed by atoms with Crippen LogP contribution in [0.5, 0.6) is 5.75 Å². The lowest BCUT2D eigenvalue weighted by atomic mass is 10.1. The van der Waals surface area contributed by atoms with Gasteiger partial charge in [-0.05, 0) is 49.2 Å². The molecule has 0 aliphatic heterocycles. The first-order valence-electron chi connectivity index (χ1n) is 11.3. The van der Waals surface area contributed by atoms with Crippen molar-refractivity contribution in [3.05, 3.63) is 60.8 Å². The number of rotatable bonds is 6. The summed E-state index contributed by atoms with van der Waals surface area (Å²) >= 11 is 0. The highest BCUT2D eigenvalue weighted by atomic mass is 16.5. The van der Waals surface area contributed by atoms with Crippen LogP contribution in [0.4, 0.5) is 17.5 Å². The Morgan fingerprint density at radius 1 is 0.906 bits per heavy atom. The molecule has 4 aromatic rings. The number of para-hydroxylation sites is 1. The summed E-state index contributed by atoms with van der Waals surface area (Å²) in [5, 5.41) is 12.6. The molecule has 0 atom stereocenters. The molecule has 1 fully saturated rings. The van der Waals surface area contributed by atoms with E-state index in [1.165, 1.54) is 25.7 Å². The summed E-state index contributed by atoms with van der Waals surface area (Å²) in [4.78, 5) is 9.74. The molecule has 0 unspecified atom stereocenters. The van der Waals surface area contributed by atoms with Crippen molar-refractivity contribution in [2.75, 3.05) is 17.7 Å². The second-order valence-corrected chi connectivity index (χ2v) is 8.21. The summed E-state index contributed by atoms with van der Waals surface area (Å²) in [7, 11) is 1.67. The average molecular weight is 429 g/mol. The third-order valence-corrected chi connectivity index (χ3v) is 5.97. The van der Waals surface area contributed by atoms with E-state index in [9.17, 15) is 0 Å². The predicted octanol–water partition coefficient (Wildman–Crippen LogP) is 5.70. The van der Waals surface area contributed by atoms with E-state index in [-0.39, 0.29) is 0 Å². The van der Waals surface area contributed by atoms with E-state index in [1.807, 2.05) is 65.5 Å². The Labute approximate surface area is 187 Å². The molecule has 7 nitrogen and oxygen atoms in total. The Morgan fingerprint density at radius 2 is 1.66 bits per heavy atom. The summed E-state index contributed by atoms with van der Waals surface area (Å²) in [6, 6.07) is 18.3. The molecule has 1 aliphatic rings. The summed E-state index contributed by atoms with van der Waals surface area (Å²) < 4.78 is 7.15. The van der Waals surface area contributed by atoms with Crippen LogP contribution in [0.3, 0.4) is 0 Å². The van der Waals surface area contributed by atoms with Crippen molar-refractivity contribution in [1.29, 1.82) is 0 Å². The lowest BCUT2D eigenvalue weighted by molar-refractivity contribution is 0.415. The third-order valence-electron chi connectivity index (χ3n) is 5.97. The SMILES string of the molecule is COc1ccc(Nc2nc(NC3CCCCCC3)nc3c2cnn3-c2ccccc2)cc1. The minimum atomic E-state index is 0.400. The van der Waals surface area contributed by atoms with Gasteiger partial charge in [-0.3, -0.25) is 0 Å². The van der Waals surface area contributed by atoms with Crippen molar-refractivity contribution in [2.45, 2.75) is 44.6 Å². The Morgan fingerprint density at radius 3 is 2.38 bits per heavy atom. The number of ether oxygens (including phenoxy) is 1. The largest absolute Gasteiger partial charge is 0.497 e. The number of fused-ring (bicyclic) bond motifs is 1. The van der Waals surface area contributed by atoms with Gasteiger partial charge in [0.2, 0.25) is 5.95 Å². The van der Waals surface area contributed by atoms with Crippen molar-refractivity contribution < 1.29 is 4.74 Å². The second-order valence-electron chi connectivity index (χ2n) is 8.21. The lowest BCUT2D eigenvalue weighted by Gasteiger charge is -2.17.